The molecule has 1 rings (SSSR count). The normalized spacial score (nSPS) is 10.7. The van der Waals surface area contributed by atoms with Crippen LogP contribution in [0.25, 0.3) is 0 Å². The summed E-state index contributed by atoms with van der Waals surface area (Å²) < 4.78 is 0. The molecule has 72 valence electrons. The summed E-state index contributed by atoms with van der Waals surface area (Å²) in [5.74, 6) is -1.19. The number of nitrogens with zero attached hydrogens (tertiary/aromatic N) is 1. The van der Waals surface area contributed by atoms with Crippen molar-refractivity contribution in [1.82, 2.24) is 4.98 Å². The molecule has 0 unspecified atom stereocenters. The maximum Gasteiger partial charge on any atom is 0.0989 e. The van der Waals surface area contributed by atoms with Gasteiger partial charge in [0.2, 0.25) is 0 Å². The van der Waals surface area contributed by atoms with Crippen LogP contribution in [0.4, 0.5) is 0 Å². The number of hydrogen-bond donors (Lipinski definition) is 1. The third kappa shape index (κ3) is 3.12. The van der Waals surface area contributed by atoms with Gasteiger partial charge in [0.1, 0.15) is 0 Å². The van der Waals surface area contributed by atoms with Gasteiger partial charge in [-0.2, -0.15) is 0 Å². The van der Waals surface area contributed by atoms with E-state index in [4.69, 9.17) is 0 Å². The van der Waals surface area contributed by atoms with Gasteiger partial charge in [0.25, 0.3) is 0 Å². The Hall–Kier alpha value is -0.940. The first-order valence-electron chi connectivity index (χ1n) is 4.04. The van der Waals surface area contributed by atoms with Gasteiger partial charge in [-0.1, -0.05) is 0 Å². The highest BCUT2D eigenvalue weighted by Crippen LogP contribution is 2.08. The predicted octanol–water partition coefficient (Wildman–Crippen LogP) is -1.81. The molecule has 0 atom stereocenters. The van der Waals surface area contributed by atoms with Crippen LogP contribution in [0, 0.1) is 0 Å². The molecule has 1 heterocycles. The van der Waals surface area contributed by atoms with Crippen LogP contribution < -0.4 is 10.0 Å². The molecule has 1 N–H and O–H groups in total. The summed E-state index contributed by atoms with van der Waals surface area (Å²) >= 11 is 1.37. The van der Waals surface area contributed by atoms with E-state index in [1.807, 2.05) is 14.1 Å². The van der Waals surface area contributed by atoms with Crippen molar-refractivity contribution >= 4 is 17.3 Å². The lowest BCUT2D eigenvalue weighted by Gasteiger charge is -2.03. The molecule has 0 aliphatic carbocycles. The lowest BCUT2D eigenvalue weighted by atomic mass is 10.4. The van der Waals surface area contributed by atoms with Gasteiger partial charge < -0.3 is 14.8 Å². The van der Waals surface area contributed by atoms with Crippen LogP contribution in [0.5, 0.6) is 0 Å². The number of hydrogen-bond acceptors (Lipinski definition) is 4. The van der Waals surface area contributed by atoms with E-state index in [2.05, 4.69) is 4.98 Å². The minimum atomic E-state index is -1.19. The highest BCUT2D eigenvalue weighted by Gasteiger charge is 2.03. The first-order chi connectivity index (χ1) is 6.09. The molecule has 1 aromatic heterocycles. The van der Waals surface area contributed by atoms with Crippen LogP contribution in [0.2, 0.25) is 0 Å². The molecule has 0 spiro atoms. The smallest absolute Gasteiger partial charge is 0.0989 e. The van der Waals surface area contributed by atoms with Gasteiger partial charge >= 0.3 is 0 Å². The van der Waals surface area contributed by atoms with Gasteiger partial charge in [-0.25, -0.2) is 4.98 Å². The fourth-order valence-corrected chi connectivity index (χ4v) is 1.64. The lowest BCUT2D eigenvalue weighted by Crippen LogP contribution is -3.05. The molecule has 4 nitrogen and oxygen atoms in total. The van der Waals surface area contributed by atoms with Crippen molar-refractivity contribution < 1.29 is 14.8 Å². The minimum absolute atomic E-state index is 0.0498. The van der Waals surface area contributed by atoms with Crippen LogP contribution in [-0.4, -0.2) is 31.6 Å². The Kier molecular flexibility index (Phi) is 3.39. The molecule has 0 amide bonds. The average molecular weight is 200 g/mol. The molecule has 0 aromatic carbocycles. The van der Waals surface area contributed by atoms with Crippen LogP contribution >= 0.6 is 11.3 Å². The van der Waals surface area contributed by atoms with Crippen LogP contribution in [0.15, 0.2) is 5.38 Å². The van der Waals surface area contributed by atoms with E-state index in [9.17, 15) is 9.90 Å². The van der Waals surface area contributed by atoms with E-state index in [0.717, 1.165) is 18.0 Å². The number of carboxylic acids is 1. The van der Waals surface area contributed by atoms with Crippen molar-refractivity contribution in [3.05, 3.63) is 16.1 Å². The second kappa shape index (κ2) is 4.34. The molecule has 0 aliphatic rings. The fraction of sp³-hybridized carbons (Fsp3) is 0.500. The van der Waals surface area contributed by atoms with Crippen molar-refractivity contribution in [2.45, 2.75) is 6.42 Å². The topological polar surface area (TPSA) is 57.5 Å². The third-order valence-electron chi connectivity index (χ3n) is 1.60. The molecular formula is C8H12N2O2S. The summed E-state index contributed by atoms with van der Waals surface area (Å²) in [6.07, 6.45) is 0.820. The Balaban J connectivity index is 2.54. The van der Waals surface area contributed by atoms with Crippen molar-refractivity contribution in [1.29, 1.82) is 0 Å². The van der Waals surface area contributed by atoms with Gasteiger partial charge in [0.15, 0.2) is 0 Å². The first kappa shape index (κ1) is 10.1. The number of rotatable bonds is 4. The maximum absolute atomic E-state index is 10.4. The first-order valence-corrected chi connectivity index (χ1v) is 4.92. The van der Waals surface area contributed by atoms with Crippen molar-refractivity contribution in [3.8, 4) is 0 Å². The molecule has 0 fully saturated rings. The van der Waals surface area contributed by atoms with E-state index in [0.29, 0.717) is 0 Å². The Morgan fingerprint density at radius 1 is 1.69 bits per heavy atom. The number of quaternary nitrogens is 1. The Labute approximate surface area is 80.8 Å². The van der Waals surface area contributed by atoms with Gasteiger partial charge in [-0.05, 0) is 0 Å². The van der Waals surface area contributed by atoms with Gasteiger partial charge in [0.05, 0.1) is 37.3 Å². The number of carbonyl (C=O) groups excluding carboxylic acids is 1. The molecule has 0 saturated heterocycles. The molecule has 0 radical (unpaired) electrons. The third-order valence-corrected chi connectivity index (χ3v) is 2.51. The van der Waals surface area contributed by atoms with E-state index < -0.39 is 5.97 Å². The number of carbonyl (C=O) groups is 1. The molecule has 0 aliphatic heterocycles. The maximum atomic E-state index is 10.4. The zero-order chi connectivity index (χ0) is 9.84. The number of carboxylic acid groups (broad SMARTS) is 1. The van der Waals surface area contributed by atoms with Gasteiger partial charge in [0, 0.05) is 11.8 Å². The number of likely N-dealkylation sites (N-methyl/N-ethyl adjacent to an activating group) is 1. The second-order valence-electron chi connectivity index (χ2n) is 3.12. The van der Waals surface area contributed by atoms with Gasteiger partial charge in [-0.15, -0.1) is 11.3 Å². The summed E-state index contributed by atoms with van der Waals surface area (Å²) in [5, 5.41) is 12.8. The number of aromatic carboxylic acids is 1. The summed E-state index contributed by atoms with van der Waals surface area (Å²) in [4.78, 5) is 15.6. The summed E-state index contributed by atoms with van der Waals surface area (Å²) in [5.41, 5.74) is 0.0498. The van der Waals surface area contributed by atoms with E-state index in [1.165, 1.54) is 21.6 Å². The molecule has 5 heteroatoms. The Morgan fingerprint density at radius 3 is 2.85 bits per heavy atom. The molecule has 0 bridgehead atoms. The number of nitrogens with one attached hydrogen (secondary N) is 1. The summed E-state index contributed by atoms with van der Waals surface area (Å²) in [7, 11) is 4.10. The number of thiazole rings is 1. The highest BCUT2D eigenvalue weighted by atomic mass is 32.1. The standard InChI is InChI=1S/C8H12N2O2S/c1-10(2)4-3-7-9-6(5-13-7)8(11)12/h5H,3-4H2,1-2H3,(H,11,12). The summed E-state index contributed by atoms with van der Waals surface area (Å²) in [6, 6.07) is 0. The lowest BCUT2D eigenvalue weighted by molar-refractivity contribution is -0.858. The zero-order valence-corrected chi connectivity index (χ0v) is 8.48. The van der Waals surface area contributed by atoms with Crippen LogP contribution in [0.3, 0.4) is 0 Å². The molecule has 0 saturated carbocycles. The Morgan fingerprint density at radius 2 is 2.38 bits per heavy atom. The fourth-order valence-electron chi connectivity index (χ4n) is 0.876. The van der Waals surface area contributed by atoms with E-state index in [1.54, 1.807) is 0 Å². The van der Waals surface area contributed by atoms with E-state index in [-0.39, 0.29) is 5.69 Å². The minimum Gasteiger partial charge on any atom is -0.543 e. The molecular weight excluding hydrogens is 188 g/mol. The number of aromatic nitrogens is 1. The highest BCUT2D eigenvalue weighted by molar-refractivity contribution is 7.09. The Bertz CT molecular complexity index is 296. The average Bonchev–Trinajstić information content (AvgIpc) is 2.48. The summed E-state index contributed by atoms with van der Waals surface area (Å²) in [6.45, 7) is 0.958. The molecule has 1 aromatic rings. The largest absolute Gasteiger partial charge is 0.543 e. The van der Waals surface area contributed by atoms with Crippen molar-refractivity contribution in [2.24, 2.45) is 0 Å². The predicted molar refractivity (Wildman–Crippen MR) is 47.8 cm³/mol. The monoisotopic (exact) mass is 200 g/mol. The van der Waals surface area contributed by atoms with E-state index >= 15 is 0 Å². The quantitative estimate of drug-likeness (QED) is 0.623. The zero-order valence-electron chi connectivity index (χ0n) is 7.66. The van der Waals surface area contributed by atoms with Gasteiger partial charge in [-0.3, -0.25) is 0 Å². The second-order valence-corrected chi connectivity index (χ2v) is 4.06. The van der Waals surface area contributed by atoms with Crippen LogP contribution in [0.1, 0.15) is 15.5 Å². The van der Waals surface area contributed by atoms with Crippen molar-refractivity contribution in [3.63, 3.8) is 0 Å². The van der Waals surface area contributed by atoms with Crippen LogP contribution in [-0.2, 0) is 6.42 Å². The SMILES string of the molecule is C[NH+](C)CCc1nc(C(=O)[O-])cs1. The van der Waals surface area contributed by atoms with Crippen molar-refractivity contribution in [2.75, 3.05) is 20.6 Å². The molecule has 13 heavy (non-hydrogen) atoms.